The van der Waals surface area contributed by atoms with Crippen LogP contribution >= 0.6 is 0 Å². The van der Waals surface area contributed by atoms with Gasteiger partial charge in [-0.2, -0.15) is 10.4 Å². The van der Waals surface area contributed by atoms with Crippen LogP contribution in [-0.4, -0.2) is 88.3 Å². The van der Waals surface area contributed by atoms with Crippen LogP contribution in [0.15, 0.2) is 30.3 Å². The SMILES string of the molecule is CCN1C(=O)[C@@H](NC(=O)[C@@H]2CCN(Cc3ccccc3)C2)[C@@H](C2CC2)c2c(C(=O)N3[C@H](C#N)C[C@H]4C[C@H]43)nn(C3CCOCC3)c21. The van der Waals surface area contributed by atoms with Crippen LogP contribution in [0.5, 0.6) is 0 Å². The third kappa shape index (κ3) is 5.10. The number of fused-ring (bicyclic) bond motifs is 2. The highest BCUT2D eigenvalue weighted by molar-refractivity contribution is 6.06. The number of nitriles is 1. The molecule has 5 fully saturated rings. The second kappa shape index (κ2) is 11.8. The number of nitrogens with zero attached hydrogens (tertiary/aromatic N) is 6. The zero-order valence-corrected chi connectivity index (χ0v) is 26.5. The number of amides is 3. The summed E-state index contributed by atoms with van der Waals surface area (Å²) >= 11 is 0. The Bertz CT molecular complexity index is 1560. The Balaban J connectivity index is 1.13. The van der Waals surface area contributed by atoms with Crippen LogP contribution in [-0.2, 0) is 20.9 Å². The molecule has 6 aliphatic rings. The lowest BCUT2D eigenvalue weighted by Gasteiger charge is -2.40. The van der Waals surface area contributed by atoms with Gasteiger partial charge >= 0.3 is 0 Å². The molecular weight excluding hydrogens is 582 g/mol. The number of carbonyl (C=O) groups is 3. The fourth-order valence-corrected chi connectivity index (χ4v) is 8.66. The van der Waals surface area contributed by atoms with Crippen LogP contribution in [0.2, 0.25) is 0 Å². The van der Waals surface area contributed by atoms with E-state index >= 15 is 0 Å². The van der Waals surface area contributed by atoms with Crippen LogP contribution in [0.1, 0.15) is 85.4 Å². The van der Waals surface area contributed by atoms with Crippen molar-refractivity contribution in [1.29, 1.82) is 5.26 Å². The van der Waals surface area contributed by atoms with Crippen molar-refractivity contribution in [3.05, 3.63) is 47.2 Å². The molecule has 4 aliphatic heterocycles. The number of anilines is 1. The normalized spacial score (nSPS) is 31.0. The predicted molar refractivity (Wildman–Crippen MR) is 169 cm³/mol. The summed E-state index contributed by atoms with van der Waals surface area (Å²) in [6.45, 7) is 5.82. The number of likely N-dealkylation sites (tertiary alicyclic amines) is 2. The van der Waals surface area contributed by atoms with Crippen molar-refractivity contribution >= 4 is 23.5 Å². The maximum atomic E-state index is 14.5. The van der Waals surface area contributed by atoms with E-state index in [2.05, 4.69) is 28.4 Å². The molecule has 5 heterocycles. The molecule has 1 N–H and O–H groups in total. The summed E-state index contributed by atoms with van der Waals surface area (Å²) in [5.41, 5.74) is 2.38. The average Bonchev–Trinajstić information content (AvgIpc) is 3.94. The van der Waals surface area contributed by atoms with Crippen molar-refractivity contribution in [3.63, 3.8) is 0 Å². The number of hydrogen-bond acceptors (Lipinski definition) is 7. The summed E-state index contributed by atoms with van der Waals surface area (Å²) in [6.07, 6.45) is 5.76. The summed E-state index contributed by atoms with van der Waals surface area (Å²) in [5, 5.41) is 18.2. The molecule has 2 aromatic rings. The lowest BCUT2D eigenvalue weighted by atomic mass is 9.82. The third-order valence-electron chi connectivity index (χ3n) is 11.3. The van der Waals surface area contributed by atoms with Crippen LogP contribution in [0.3, 0.4) is 0 Å². The van der Waals surface area contributed by atoms with Gasteiger partial charge in [-0.05, 0) is 75.8 Å². The summed E-state index contributed by atoms with van der Waals surface area (Å²) < 4.78 is 7.59. The van der Waals surface area contributed by atoms with E-state index in [0.717, 1.165) is 57.2 Å². The highest BCUT2D eigenvalue weighted by Crippen LogP contribution is 2.53. The molecule has 2 saturated carbocycles. The summed E-state index contributed by atoms with van der Waals surface area (Å²) in [7, 11) is 0. The largest absolute Gasteiger partial charge is 0.381 e. The average molecular weight is 626 g/mol. The Morgan fingerprint density at radius 3 is 2.57 bits per heavy atom. The first-order chi connectivity index (χ1) is 22.5. The van der Waals surface area contributed by atoms with Gasteiger partial charge in [0.15, 0.2) is 5.69 Å². The number of aromatic nitrogens is 2. The Morgan fingerprint density at radius 2 is 1.85 bits per heavy atom. The van der Waals surface area contributed by atoms with E-state index in [9.17, 15) is 19.6 Å². The molecule has 6 atom stereocenters. The number of benzene rings is 1. The molecule has 0 spiro atoms. The van der Waals surface area contributed by atoms with E-state index < -0.39 is 12.1 Å². The minimum absolute atomic E-state index is 0.00463. The number of likely N-dealkylation sites (N-methyl/N-ethyl adjacent to an activating group) is 1. The van der Waals surface area contributed by atoms with Gasteiger partial charge in [0.05, 0.1) is 18.0 Å². The molecule has 3 amide bonds. The van der Waals surface area contributed by atoms with Crippen LogP contribution < -0.4 is 10.2 Å². The van der Waals surface area contributed by atoms with E-state index in [1.165, 1.54) is 5.56 Å². The lowest BCUT2D eigenvalue weighted by molar-refractivity contribution is -0.130. The fraction of sp³-hybridized carbons (Fsp3) is 0.629. The molecule has 2 aliphatic carbocycles. The Morgan fingerprint density at radius 1 is 1.07 bits per heavy atom. The van der Waals surface area contributed by atoms with Crippen LogP contribution in [0.25, 0.3) is 0 Å². The number of piperidine rings is 1. The Kier molecular flexibility index (Phi) is 7.60. The van der Waals surface area contributed by atoms with Crippen LogP contribution in [0, 0.1) is 29.1 Å². The predicted octanol–water partition coefficient (Wildman–Crippen LogP) is 3.23. The number of ether oxygens (including phenoxy) is 1. The zero-order chi connectivity index (χ0) is 31.5. The highest BCUT2D eigenvalue weighted by Gasteiger charge is 2.57. The lowest BCUT2D eigenvalue weighted by Crippen LogP contribution is -2.57. The molecule has 11 nitrogen and oxygen atoms in total. The zero-order valence-electron chi connectivity index (χ0n) is 26.5. The van der Waals surface area contributed by atoms with E-state index in [1.54, 1.807) is 9.80 Å². The number of hydrogen-bond donors (Lipinski definition) is 1. The van der Waals surface area contributed by atoms with E-state index in [-0.39, 0.29) is 47.6 Å². The van der Waals surface area contributed by atoms with E-state index in [0.29, 0.717) is 50.2 Å². The molecule has 0 radical (unpaired) electrons. The van der Waals surface area contributed by atoms with E-state index in [4.69, 9.17) is 9.84 Å². The number of nitrogens with one attached hydrogen (secondary N) is 1. The summed E-state index contributed by atoms with van der Waals surface area (Å²) in [6, 6.07) is 11.5. The topological polar surface area (TPSA) is 124 Å². The maximum absolute atomic E-state index is 14.5. The molecule has 0 unspecified atom stereocenters. The van der Waals surface area contributed by atoms with Gasteiger partial charge < -0.3 is 15.0 Å². The first kappa shape index (κ1) is 29.6. The van der Waals surface area contributed by atoms with Crippen molar-refractivity contribution < 1.29 is 19.1 Å². The van der Waals surface area contributed by atoms with Gasteiger partial charge in [-0.1, -0.05) is 30.3 Å². The molecule has 0 bridgehead atoms. The Labute approximate surface area is 269 Å². The summed E-state index contributed by atoms with van der Waals surface area (Å²) in [5.74, 6) is 0.331. The molecule has 242 valence electrons. The molecule has 8 rings (SSSR count). The standard InChI is InChI=1S/C35H43N7O4/c1-2-40-33-29(31(38-42(33)25-11-14-46-15-12-25)35(45)41-26(18-36)16-24-17-27(24)41)28(22-8-9-22)30(34(40)44)37-32(43)23-10-13-39(20-23)19-21-6-4-3-5-7-21/h3-7,22-28,30H,2,8-17,19-20H2,1H3,(H,37,43)/t23-,24+,26+,27-,28+,30+/m1/s1. The van der Waals surface area contributed by atoms with Crippen LogP contribution in [0.4, 0.5) is 5.82 Å². The minimum atomic E-state index is -0.756. The molecule has 46 heavy (non-hydrogen) atoms. The van der Waals surface area contributed by atoms with Gasteiger partial charge in [-0.3, -0.25) is 24.2 Å². The second-order valence-corrected chi connectivity index (χ2v) is 14.2. The van der Waals surface area contributed by atoms with Gasteiger partial charge in [-0.25, -0.2) is 4.68 Å². The van der Waals surface area contributed by atoms with Gasteiger partial charge in [0.1, 0.15) is 17.9 Å². The minimum Gasteiger partial charge on any atom is -0.381 e. The smallest absolute Gasteiger partial charge is 0.276 e. The van der Waals surface area contributed by atoms with Gasteiger partial charge in [0, 0.05) is 50.4 Å². The van der Waals surface area contributed by atoms with Crippen molar-refractivity contribution in [2.24, 2.45) is 17.8 Å². The van der Waals surface area contributed by atoms with Gasteiger partial charge in [-0.15, -0.1) is 0 Å². The maximum Gasteiger partial charge on any atom is 0.276 e. The molecule has 11 heteroatoms. The van der Waals surface area contributed by atoms with E-state index in [1.807, 2.05) is 29.8 Å². The monoisotopic (exact) mass is 625 g/mol. The van der Waals surface area contributed by atoms with Crippen molar-refractivity contribution in [2.75, 3.05) is 37.7 Å². The van der Waals surface area contributed by atoms with Crippen molar-refractivity contribution in [2.45, 2.75) is 88.5 Å². The molecule has 1 aromatic heterocycles. The van der Waals surface area contributed by atoms with Gasteiger partial charge in [0.2, 0.25) is 5.91 Å². The second-order valence-electron chi connectivity index (χ2n) is 14.2. The fourth-order valence-electron chi connectivity index (χ4n) is 8.66. The molecule has 3 saturated heterocycles. The molecule has 1 aromatic carbocycles. The Hall–Kier alpha value is -3.75. The third-order valence-corrected chi connectivity index (χ3v) is 11.3. The van der Waals surface area contributed by atoms with Crippen molar-refractivity contribution in [3.8, 4) is 6.07 Å². The first-order valence-corrected chi connectivity index (χ1v) is 17.3. The van der Waals surface area contributed by atoms with Crippen molar-refractivity contribution in [1.82, 2.24) is 24.9 Å². The quantitative estimate of drug-likeness (QED) is 0.478. The number of rotatable bonds is 8. The summed E-state index contributed by atoms with van der Waals surface area (Å²) in [4.78, 5) is 48.7. The molecular formula is C35H43N7O4. The number of carbonyl (C=O) groups excluding carboxylic acids is 3. The highest BCUT2D eigenvalue weighted by atomic mass is 16.5. The first-order valence-electron chi connectivity index (χ1n) is 17.3. The van der Waals surface area contributed by atoms with Gasteiger partial charge in [0.25, 0.3) is 11.8 Å².